The van der Waals surface area contributed by atoms with E-state index in [4.69, 9.17) is 4.74 Å². The molecule has 182 valence electrons. The molecule has 4 fully saturated rings. The average molecular weight is 484 g/mol. The van der Waals surface area contributed by atoms with E-state index in [2.05, 4.69) is 18.8 Å². The number of aliphatic hydroxyl groups is 3. The van der Waals surface area contributed by atoms with Gasteiger partial charge in [0.1, 0.15) is 4.38 Å². The zero-order valence-corrected chi connectivity index (χ0v) is 21.4. The van der Waals surface area contributed by atoms with Gasteiger partial charge in [-0.25, -0.2) is 0 Å². The molecule has 5 aliphatic rings. The van der Waals surface area contributed by atoms with Crippen molar-refractivity contribution in [2.45, 2.75) is 76.9 Å². The molecule has 0 aromatic carbocycles. The summed E-state index contributed by atoms with van der Waals surface area (Å²) in [4.78, 5) is 4.52. The van der Waals surface area contributed by atoms with Gasteiger partial charge in [0.2, 0.25) is 0 Å². The van der Waals surface area contributed by atoms with Crippen molar-refractivity contribution in [2.24, 2.45) is 39.0 Å². The maximum Gasteiger partial charge on any atom is 0.124 e. The van der Waals surface area contributed by atoms with E-state index in [1.165, 1.54) is 10.8 Å². The molecule has 0 saturated heterocycles. The highest BCUT2D eigenvalue weighted by Gasteiger charge is 2.70. The predicted octanol–water partition coefficient (Wildman–Crippen LogP) is 3.95. The molecule has 0 unspecified atom stereocenters. The van der Waals surface area contributed by atoms with Crippen LogP contribution < -0.4 is 0 Å². The van der Waals surface area contributed by atoms with Crippen molar-refractivity contribution in [3.63, 3.8) is 0 Å². The fourth-order valence-corrected chi connectivity index (χ4v) is 10.8. The maximum absolute atomic E-state index is 10.8. The SMILES string of the molecule is C[C@@]1(CO)[C@H](O)CC[C@@]2(C)[C@H]1CC[C@H]1C[C@@H]3C[C@@]12CC[C@@]3(CO)OCCSC1=NCCS1. The van der Waals surface area contributed by atoms with Gasteiger partial charge in [-0.2, -0.15) is 0 Å². The van der Waals surface area contributed by atoms with E-state index < -0.39 is 17.1 Å². The third kappa shape index (κ3) is 3.39. The molecule has 8 atom stereocenters. The molecule has 4 saturated carbocycles. The van der Waals surface area contributed by atoms with Crippen molar-refractivity contribution in [1.29, 1.82) is 0 Å². The lowest BCUT2D eigenvalue weighted by Crippen LogP contribution is -2.63. The first-order chi connectivity index (χ1) is 15.3. The van der Waals surface area contributed by atoms with Gasteiger partial charge >= 0.3 is 0 Å². The molecular formula is C25H41NO4S2. The Labute approximate surface area is 201 Å². The first-order valence-electron chi connectivity index (χ1n) is 12.7. The number of ether oxygens (including phenoxy) is 1. The monoisotopic (exact) mass is 483 g/mol. The van der Waals surface area contributed by atoms with Crippen LogP contribution in [0.3, 0.4) is 0 Å². The Morgan fingerprint density at radius 1 is 1.09 bits per heavy atom. The first kappa shape index (κ1) is 23.9. The van der Waals surface area contributed by atoms with Gasteiger partial charge in [0.15, 0.2) is 0 Å². The Hall–Kier alpha value is 0.210. The van der Waals surface area contributed by atoms with Gasteiger partial charge in [0.05, 0.1) is 38.1 Å². The van der Waals surface area contributed by atoms with Gasteiger partial charge < -0.3 is 20.1 Å². The number of fused-ring (bicyclic) bond motifs is 2. The molecule has 0 aromatic rings. The second-order valence-electron chi connectivity index (χ2n) is 11.7. The maximum atomic E-state index is 10.8. The molecule has 3 N–H and O–H groups in total. The molecule has 7 heteroatoms. The van der Waals surface area contributed by atoms with Crippen molar-refractivity contribution in [1.82, 2.24) is 0 Å². The Morgan fingerprint density at radius 3 is 2.66 bits per heavy atom. The lowest BCUT2D eigenvalue weighted by atomic mass is 9.39. The molecule has 1 spiro atoms. The molecule has 0 amide bonds. The second-order valence-corrected chi connectivity index (χ2v) is 14.1. The molecule has 2 bridgehead atoms. The van der Waals surface area contributed by atoms with Gasteiger partial charge in [0, 0.05) is 16.9 Å². The summed E-state index contributed by atoms with van der Waals surface area (Å²) in [6.07, 6.45) is 8.08. The molecule has 5 nitrogen and oxygen atoms in total. The summed E-state index contributed by atoms with van der Waals surface area (Å²) < 4.78 is 7.73. The fourth-order valence-electron chi connectivity index (χ4n) is 8.93. The van der Waals surface area contributed by atoms with Crippen LogP contribution >= 0.6 is 23.5 Å². The molecule has 4 aliphatic carbocycles. The number of nitrogens with zero attached hydrogens (tertiary/aromatic N) is 1. The van der Waals surface area contributed by atoms with Gasteiger partial charge in [-0.05, 0) is 80.0 Å². The van der Waals surface area contributed by atoms with Crippen molar-refractivity contribution in [3.8, 4) is 0 Å². The Morgan fingerprint density at radius 2 is 1.94 bits per heavy atom. The lowest BCUT2D eigenvalue weighted by molar-refractivity contribution is -0.220. The van der Waals surface area contributed by atoms with Crippen molar-refractivity contribution in [2.75, 3.05) is 37.9 Å². The second kappa shape index (κ2) is 8.70. The van der Waals surface area contributed by atoms with Gasteiger partial charge in [-0.1, -0.05) is 37.4 Å². The van der Waals surface area contributed by atoms with Crippen molar-refractivity contribution in [3.05, 3.63) is 0 Å². The molecule has 0 aromatic heterocycles. The molecule has 5 rings (SSSR count). The third-order valence-corrected chi connectivity index (χ3v) is 13.0. The van der Waals surface area contributed by atoms with E-state index >= 15 is 0 Å². The summed E-state index contributed by atoms with van der Waals surface area (Å²) in [5, 5.41) is 31.7. The van der Waals surface area contributed by atoms with Crippen LogP contribution in [0, 0.1) is 34.0 Å². The van der Waals surface area contributed by atoms with E-state index in [1.807, 2.05) is 11.8 Å². The van der Waals surface area contributed by atoms with Crippen LogP contribution in [-0.2, 0) is 4.74 Å². The van der Waals surface area contributed by atoms with Crippen LogP contribution in [0.15, 0.2) is 4.99 Å². The van der Waals surface area contributed by atoms with E-state index in [0.29, 0.717) is 24.4 Å². The predicted molar refractivity (Wildman–Crippen MR) is 132 cm³/mol. The largest absolute Gasteiger partial charge is 0.396 e. The molecule has 0 radical (unpaired) electrons. The summed E-state index contributed by atoms with van der Waals surface area (Å²) in [5.74, 6) is 3.46. The standard InChI is InChI=1S/C25H41NO4S2/c1-22(15-27)19-4-3-17-13-18-14-24(17,23(19,2)6-5-20(22)29)7-8-25(18,16-28)30-10-12-32-21-26-9-11-31-21/h17-20,27-29H,3-16H2,1-2H3/t17-,18+,19-,20+,22-,23-,24-,25-/m0/s1. The summed E-state index contributed by atoms with van der Waals surface area (Å²) in [5.41, 5.74) is -0.376. The minimum Gasteiger partial charge on any atom is -0.396 e. The summed E-state index contributed by atoms with van der Waals surface area (Å²) >= 11 is 3.64. The van der Waals surface area contributed by atoms with Crippen LogP contribution in [-0.4, -0.2) is 69.3 Å². The first-order valence-corrected chi connectivity index (χ1v) is 14.6. The van der Waals surface area contributed by atoms with Crippen molar-refractivity contribution < 1.29 is 20.1 Å². The fraction of sp³-hybridized carbons (Fsp3) is 0.960. The highest BCUT2D eigenvalue weighted by molar-refractivity contribution is 8.39. The highest BCUT2D eigenvalue weighted by Crippen LogP contribution is 2.75. The zero-order chi connectivity index (χ0) is 22.6. The van der Waals surface area contributed by atoms with Crippen molar-refractivity contribution >= 4 is 27.9 Å². The normalized spacial score (nSPS) is 50.1. The number of hydrogen-bond donors (Lipinski definition) is 3. The minimum atomic E-state index is -0.403. The van der Waals surface area contributed by atoms with E-state index in [0.717, 1.165) is 63.0 Å². The lowest BCUT2D eigenvalue weighted by Gasteiger charge is -2.66. The van der Waals surface area contributed by atoms with Crippen LogP contribution in [0.2, 0.25) is 0 Å². The van der Waals surface area contributed by atoms with E-state index in [-0.39, 0.29) is 24.0 Å². The zero-order valence-electron chi connectivity index (χ0n) is 19.7. The molecular weight excluding hydrogens is 442 g/mol. The van der Waals surface area contributed by atoms with E-state index in [9.17, 15) is 15.3 Å². The quantitative estimate of drug-likeness (QED) is 0.497. The van der Waals surface area contributed by atoms with Crippen LogP contribution in [0.1, 0.15) is 65.2 Å². The number of aliphatic imine (C=N–C) groups is 1. The minimum absolute atomic E-state index is 0.0729. The molecule has 1 aliphatic heterocycles. The topological polar surface area (TPSA) is 82.3 Å². The van der Waals surface area contributed by atoms with Crippen LogP contribution in [0.25, 0.3) is 0 Å². The number of thioether (sulfide) groups is 2. The third-order valence-electron chi connectivity index (χ3n) is 10.8. The summed E-state index contributed by atoms with van der Waals surface area (Å²) in [6.45, 7) is 6.41. The number of rotatable bonds is 6. The highest BCUT2D eigenvalue weighted by atomic mass is 32.2. The van der Waals surface area contributed by atoms with Gasteiger partial charge in [-0.15, -0.1) is 0 Å². The number of aliphatic hydroxyl groups excluding tert-OH is 3. The van der Waals surface area contributed by atoms with Crippen LogP contribution in [0.5, 0.6) is 0 Å². The summed E-state index contributed by atoms with van der Waals surface area (Å²) in [7, 11) is 0. The Kier molecular flexibility index (Phi) is 6.51. The van der Waals surface area contributed by atoms with Gasteiger partial charge in [-0.3, -0.25) is 4.99 Å². The summed E-state index contributed by atoms with van der Waals surface area (Å²) in [6, 6.07) is 0. The van der Waals surface area contributed by atoms with Gasteiger partial charge in [0.25, 0.3) is 0 Å². The smallest absolute Gasteiger partial charge is 0.124 e. The Balaban J connectivity index is 1.32. The van der Waals surface area contributed by atoms with Crippen LogP contribution in [0.4, 0.5) is 0 Å². The van der Waals surface area contributed by atoms with E-state index in [1.54, 1.807) is 11.8 Å². The average Bonchev–Trinajstić information content (AvgIpc) is 3.43. The molecule has 32 heavy (non-hydrogen) atoms. The molecule has 1 heterocycles. The number of hydrogen-bond acceptors (Lipinski definition) is 7. The Bertz CT molecular complexity index is 751.